The summed E-state index contributed by atoms with van der Waals surface area (Å²) in [7, 11) is 0. The van der Waals surface area contributed by atoms with Crippen LogP contribution in [-0.2, 0) is 0 Å². The van der Waals surface area contributed by atoms with Crippen LogP contribution in [0.2, 0.25) is 0 Å². The molecule has 1 rings (SSSR count). The highest BCUT2D eigenvalue weighted by molar-refractivity contribution is 7.99. The lowest BCUT2D eigenvalue weighted by atomic mass is 9.82. The van der Waals surface area contributed by atoms with Gasteiger partial charge < -0.3 is 0 Å². The van der Waals surface area contributed by atoms with Gasteiger partial charge in [-0.3, -0.25) is 0 Å². The van der Waals surface area contributed by atoms with Crippen molar-refractivity contribution in [3.05, 3.63) is 24.3 Å². The smallest absolute Gasteiger partial charge is 0.0227 e. The Bertz CT molecular complexity index is 170. The van der Waals surface area contributed by atoms with Gasteiger partial charge in [-0.2, -0.15) is 11.8 Å². The summed E-state index contributed by atoms with van der Waals surface area (Å²) in [6.07, 6.45) is 9.12. The predicted octanol–water partition coefficient (Wildman–Crippen LogP) is 3.26. The molecule has 0 radical (unpaired) electrons. The number of thioether (sulfide) groups is 1. The molecule has 0 nitrogen and oxygen atoms in total. The number of allylic oxidation sites excluding steroid dienone is 2. The first kappa shape index (κ1) is 8.92. The first-order valence-electron chi connectivity index (χ1n) is 4.10. The maximum atomic E-state index is 3.83. The molecule has 0 fully saturated rings. The van der Waals surface area contributed by atoms with E-state index in [-0.39, 0.29) is 0 Å². The lowest BCUT2D eigenvalue weighted by Gasteiger charge is -2.26. The molecule has 0 spiro atoms. The first-order valence-corrected chi connectivity index (χ1v) is 5.38. The van der Waals surface area contributed by atoms with Crippen LogP contribution in [0.5, 0.6) is 0 Å². The van der Waals surface area contributed by atoms with E-state index in [4.69, 9.17) is 0 Å². The number of rotatable bonds is 4. The van der Waals surface area contributed by atoms with Crippen LogP contribution in [0.4, 0.5) is 0 Å². The molecule has 0 N–H and O–H groups in total. The van der Waals surface area contributed by atoms with Crippen molar-refractivity contribution < 1.29 is 0 Å². The standard InChI is InChI=1S/C10H16S/c1-4-10(11-3)7-9-6-5-8(9)2/h4-5,9-10H,1,6-7H2,2-3H3. The Morgan fingerprint density at radius 1 is 1.91 bits per heavy atom. The molecule has 0 aromatic rings. The molecule has 1 aliphatic rings. The number of hydrogen-bond acceptors (Lipinski definition) is 1. The molecule has 0 bridgehead atoms. The second kappa shape index (κ2) is 4.01. The van der Waals surface area contributed by atoms with E-state index in [2.05, 4.69) is 31.9 Å². The van der Waals surface area contributed by atoms with Crippen molar-refractivity contribution in [3.63, 3.8) is 0 Å². The van der Waals surface area contributed by atoms with Gasteiger partial charge in [-0.05, 0) is 31.9 Å². The van der Waals surface area contributed by atoms with Gasteiger partial charge in [0.05, 0.1) is 0 Å². The van der Waals surface area contributed by atoms with Crippen molar-refractivity contribution in [1.29, 1.82) is 0 Å². The molecule has 0 amide bonds. The molecule has 2 atom stereocenters. The topological polar surface area (TPSA) is 0 Å². The largest absolute Gasteiger partial charge is 0.158 e. The average molecular weight is 168 g/mol. The lowest BCUT2D eigenvalue weighted by molar-refractivity contribution is 0.529. The van der Waals surface area contributed by atoms with E-state index in [1.54, 1.807) is 5.57 Å². The molecule has 11 heavy (non-hydrogen) atoms. The van der Waals surface area contributed by atoms with Gasteiger partial charge in [0.2, 0.25) is 0 Å². The molecule has 1 heteroatoms. The summed E-state index contributed by atoms with van der Waals surface area (Å²) in [6, 6.07) is 0. The third-order valence-corrected chi connectivity index (χ3v) is 3.44. The molecule has 1 aliphatic carbocycles. The summed E-state index contributed by atoms with van der Waals surface area (Å²) in [5.41, 5.74) is 1.57. The zero-order chi connectivity index (χ0) is 8.27. The van der Waals surface area contributed by atoms with E-state index >= 15 is 0 Å². The average Bonchev–Trinajstić information content (AvgIpc) is 2.04. The zero-order valence-electron chi connectivity index (χ0n) is 7.34. The second-order valence-corrected chi connectivity index (χ2v) is 4.20. The van der Waals surface area contributed by atoms with Gasteiger partial charge in [0.15, 0.2) is 0 Å². The van der Waals surface area contributed by atoms with Crippen LogP contribution < -0.4 is 0 Å². The Morgan fingerprint density at radius 3 is 2.91 bits per heavy atom. The Balaban J connectivity index is 2.30. The van der Waals surface area contributed by atoms with E-state index in [1.807, 2.05) is 11.8 Å². The fourth-order valence-electron chi connectivity index (χ4n) is 1.37. The normalized spacial score (nSPS) is 25.3. The Kier molecular flexibility index (Phi) is 3.25. The summed E-state index contributed by atoms with van der Waals surface area (Å²) < 4.78 is 0. The SMILES string of the molecule is C=CC(CC1CC=C1C)SC. The maximum Gasteiger partial charge on any atom is 0.0227 e. The Hall–Kier alpha value is -0.170. The molecular formula is C10H16S. The summed E-state index contributed by atoms with van der Waals surface area (Å²) >= 11 is 1.90. The van der Waals surface area contributed by atoms with Crippen LogP contribution in [-0.4, -0.2) is 11.5 Å². The van der Waals surface area contributed by atoms with E-state index in [1.165, 1.54) is 12.8 Å². The molecule has 0 heterocycles. The Labute approximate surface area is 73.8 Å². The van der Waals surface area contributed by atoms with Gasteiger partial charge in [-0.1, -0.05) is 17.7 Å². The van der Waals surface area contributed by atoms with Crippen molar-refractivity contribution in [2.24, 2.45) is 5.92 Å². The summed E-state index contributed by atoms with van der Waals surface area (Å²) in [4.78, 5) is 0. The molecule has 0 aliphatic heterocycles. The van der Waals surface area contributed by atoms with Crippen LogP contribution in [0.1, 0.15) is 19.8 Å². The Morgan fingerprint density at radius 2 is 2.64 bits per heavy atom. The van der Waals surface area contributed by atoms with Gasteiger partial charge in [0.25, 0.3) is 0 Å². The van der Waals surface area contributed by atoms with Crippen molar-refractivity contribution in [2.75, 3.05) is 6.26 Å². The van der Waals surface area contributed by atoms with Gasteiger partial charge in [-0.25, -0.2) is 0 Å². The van der Waals surface area contributed by atoms with Crippen molar-refractivity contribution in [3.8, 4) is 0 Å². The molecule has 0 aromatic heterocycles. The van der Waals surface area contributed by atoms with Crippen molar-refractivity contribution in [2.45, 2.75) is 25.0 Å². The molecule has 62 valence electrons. The molecule has 2 unspecified atom stereocenters. The highest BCUT2D eigenvalue weighted by Crippen LogP contribution is 2.33. The summed E-state index contributed by atoms with van der Waals surface area (Å²) in [5, 5.41) is 0.656. The van der Waals surface area contributed by atoms with Crippen LogP contribution in [0.15, 0.2) is 24.3 Å². The molecule has 0 aromatic carbocycles. The first-order chi connectivity index (χ1) is 5.27. The third-order valence-electron chi connectivity index (χ3n) is 2.45. The van der Waals surface area contributed by atoms with Crippen LogP contribution in [0.3, 0.4) is 0 Å². The monoisotopic (exact) mass is 168 g/mol. The van der Waals surface area contributed by atoms with Crippen LogP contribution >= 0.6 is 11.8 Å². The summed E-state index contributed by atoms with van der Waals surface area (Å²) in [5.74, 6) is 0.852. The summed E-state index contributed by atoms with van der Waals surface area (Å²) in [6.45, 7) is 6.06. The minimum Gasteiger partial charge on any atom is -0.158 e. The van der Waals surface area contributed by atoms with Gasteiger partial charge in [-0.15, -0.1) is 6.58 Å². The van der Waals surface area contributed by atoms with E-state index in [9.17, 15) is 0 Å². The third kappa shape index (κ3) is 2.13. The molecule has 0 saturated carbocycles. The minimum absolute atomic E-state index is 0.656. The predicted molar refractivity (Wildman–Crippen MR) is 54.0 cm³/mol. The quantitative estimate of drug-likeness (QED) is 0.581. The van der Waals surface area contributed by atoms with Gasteiger partial charge in [0, 0.05) is 5.25 Å². The van der Waals surface area contributed by atoms with E-state index in [0.717, 1.165) is 5.92 Å². The second-order valence-electron chi connectivity index (χ2n) is 3.13. The molecular weight excluding hydrogens is 152 g/mol. The van der Waals surface area contributed by atoms with Crippen LogP contribution in [0.25, 0.3) is 0 Å². The van der Waals surface area contributed by atoms with Gasteiger partial charge >= 0.3 is 0 Å². The molecule has 0 saturated heterocycles. The fraction of sp³-hybridized carbons (Fsp3) is 0.600. The minimum atomic E-state index is 0.656. The van der Waals surface area contributed by atoms with Crippen LogP contribution in [0, 0.1) is 5.92 Å². The highest BCUT2D eigenvalue weighted by Gasteiger charge is 2.19. The zero-order valence-corrected chi connectivity index (χ0v) is 8.16. The maximum absolute atomic E-state index is 3.83. The lowest BCUT2D eigenvalue weighted by Crippen LogP contribution is -2.15. The van der Waals surface area contributed by atoms with Crippen molar-refractivity contribution >= 4 is 11.8 Å². The fourth-order valence-corrected chi connectivity index (χ4v) is 1.99. The van der Waals surface area contributed by atoms with E-state index < -0.39 is 0 Å². The van der Waals surface area contributed by atoms with Crippen molar-refractivity contribution in [1.82, 2.24) is 0 Å². The number of hydrogen-bond donors (Lipinski definition) is 0. The highest BCUT2D eigenvalue weighted by atomic mass is 32.2. The van der Waals surface area contributed by atoms with Gasteiger partial charge in [0.1, 0.15) is 0 Å². The van der Waals surface area contributed by atoms with E-state index in [0.29, 0.717) is 5.25 Å².